The van der Waals surface area contributed by atoms with Gasteiger partial charge in [-0.2, -0.15) is 0 Å². The van der Waals surface area contributed by atoms with Crippen LogP contribution in [0.25, 0.3) is 0 Å². The number of benzene rings is 1. The van der Waals surface area contributed by atoms with Crippen LogP contribution in [0.15, 0.2) is 24.3 Å². The van der Waals surface area contributed by atoms with Crippen molar-refractivity contribution in [3.8, 4) is 5.75 Å². The molecule has 0 saturated heterocycles. The van der Waals surface area contributed by atoms with Gasteiger partial charge in [0.2, 0.25) is 0 Å². The molecule has 0 aliphatic carbocycles. The van der Waals surface area contributed by atoms with Crippen molar-refractivity contribution in [3.05, 3.63) is 45.4 Å². The van der Waals surface area contributed by atoms with Gasteiger partial charge in [0.05, 0.1) is 11.7 Å². The molecule has 1 amide bonds. The Hall–Kier alpha value is -2.41. The first kappa shape index (κ1) is 18.9. The number of carboxylic acids is 1. The lowest BCUT2D eigenvalue weighted by molar-refractivity contribution is 0.0700. The second-order valence-electron chi connectivity index (χ2n) is 6.71. The number of carbonyl (C=O) groups excluding carboxylic acids is 1. The summed E-state index contributed by atoms with van der Waals surface area (Å²) in [7, 11) is 0. The minimum Gasteiger partial charge on any atom is -0.488 e. The zero-order valence-electron chi connectivity index (χ0n) is 14.9. The van der Waals surface area contributed by atoms with Gasteiger partial charge in [-0.3, -0.25) is 4.79 Å². The van der Waals surface area contributed by atoms with Crippen LogP contribution in [0.2, 0.25) is 0 Å². The Labute approximate surface area is 150 Å². The Balaban J connectivity index is 2.06. The Morgan fingerprint density at radius 2 is 1.84 bits per heavy atom. The highest BCUT2D eigenvalue weighted by molar-refractivity contribution is 7.13. The summed E-state index contributed by atoms with van der Waals surface area (Å²) in [6, 6.07) is 6.51. The maximum atomic E-state index is 12.4. The Bertz CT molecular complexity index is 775. The molecule has 1 aromatic heterocycles. The van der Waals surface area contributed by atoms with Gasteiger partial charge in [0.15, 0.2) is 0 Å². The number of aryl methyl sites for hydroxylation is 1. The molecule has 0 aliphatic rings. The molecule has 2 N–H and O–H groups in total. The van der Waals surface area contributed by atoms with Crippen LogP contribution in [0.3, 0.4) is 0 Å². The lowest BCUT2D eigenvalue weighted by Crippen LogP contribution is -2.26. The Morgan fingerprint density at radius 1 is 1.24 bits per heavy atom. The van der Waals surface area contributed by atoms with Crippen molar-refractivity contribution in [2.45, 2.75) is 46.3 Å². The van der Waals surface area contributed by atoms with Gasteiger partial charge in [0.25, 0.3) is 5.91 Å². The molecule has 0 aliphatic heterocycles. The molecule has 2 rings (SSSR count). The largest absolute Gasteiger partial charge is 0.488 e. The van der Waals surface area contributed by atoms with Crippen molar-refractivity contribution in [2.24, 2.45) is 0 Å². The van der Waals surface area contributed by atoms with Crippen LogP contribution >= 0.6 is 11.3 Å². The van der Waals surface area contributed by atoms with E-state index in [-0.39, 0.29) is 22.4 Å². The predicted octanol–water partition coefficient (Wildman–Crippen LogP) is 3.82. The van der Waals surface area contributed by atoms with E-state index in [1.165, 1.54) is 0 Å². The van der Waals surface area contributed by atoms with Crippen LogP contribution in [0, 0.1) is 6.92 Å². The second kappa shape index (κ2) is 7.23. The minimum atomic E-state index is -1.01. The molecule has 0 fully saturated rings. The molecule has 1 heterocycles. The Kier molecular flexibility index (Phi) is 5.47. The number of amides is 1. The number of nitrogens with one attached hydrogen (secondary N) is 1. The van der Waals surface area contributed by atoms with E-state index in [0.29, 0.717) is 22.0 Å². The number of rotatable bonds is 5. The van der Waals surface area contributed by atoms with Gasteiger partial charge < -0.3 is 15.2 Å². The van der Waals surface area contributed by atoms with E-state index in [4.69, 9.17) is 9.84 Å². The second-order valence-corrected chi connectivity index (χ2v) is 7.74. The van der Waals surface area contributed by atoms with Crippen LogP contribution in [-0.4, -0.2) is 27.6 Å². The number of ether oxygens (including phenoxy) is 1. The van der Waals surface area contributed by atoms with Gasteiger partial charge in [0.1, 0.15) is 21.2 Å². The number of carboxylic acid groups (broad SMARTS) is 1. The first-order valence-corrected chi connectivity index (χ1v) is 8.69. The summed E-state index contributed by atoms with van der Waals surface area (Å²) in [4.78, 5) is 27.9. The van der Waals surface area contributed by atoms with Crippen molar-refractivity contribution in [2.75, 3.05) is 0 Å². The van der Waals surface area contributed by atoms with Crippen LogP contribution < -0.4 is 10.1 Å². The molecule has 0 bridgehead atoms. The van der Waals surface area contributed by atoms with Gasteiger partial charge in [-0.25, -0.2) is 9.78 Å². The molecule has 25 heavy (non-hydrogen) atoms. The van der Waals surface area contributed by atoms with E-state index in [2.05, 4.69) is 10.3 Å². The number of thiazole rings is 1. The van der Waals surface area contributed by atoms with Crippen molar-refractivity contribution in [1.29, 1.82) is 0 Å². The third kappa shape index (κ3) is 5.03. The Morgan fingerprint density at radius 3 is 2.32 bits per heavy atom. The van der Waals surface area contributed by atoms with Gasteiger partial charge in [0, 0.05) is 5.56 Å². The standard InChI is InChI=1S/C18H22N2O4S/c1-10-14(17(22)23)25-16(20-10)11(2)19-15(21)12-6-8-13(9-7-12)24-18(3,4)5/h6-9,11H,1-5H3,(H,19,21)(H,22,23). The highest BCUT2D eigenvalue weighted by atomic mass is 32.1. The van der Waals surface area contributed by atoms with E-state index >= 15 is 0 Å². The molecule has 1 atom stereocenters. The van der Waals surface area contributed by atoms with Crippen LogP contribution in [0.5, 0.6) is 5.75 Å². The monoisotopic (exact) mass is 362 g/mol. The van der Waals surface area contributed by atoms with Crippen molar-refractivity contribution in [1.82, 2.24) is 10.3 Å². The molecule has 7 heteroatoms. The zero-order valence-corrected chi connectivity index (χ0v) is 15.7. The van der Waals surface area contributed by atoms with Crippen LogP contribution in [-0.2, 0) is 0 Å². The fourth-order valence-electron chi connectivity index (χ4n) is 2.17. The van der Waals surface area contributed by atoms with E-state index in [9.17, 15) is 9.59 Å². The molecular formula is C18H22N2O4S. The summed E-state index contributed by atoms with van der Waals surface area (Å²) in [6.45, 7) is 9.29. The smallest absolute Gasteiger partial charge is 0.347 e. The lowest BCUT2D eigenvalue weighted by atomic mass is 10.1. The average Bonchev–Trinajstić information content (AvgIpc) is 2.88. The first-order chi connectivity index (χ1) is 11.6. The van der Waals surface area contributed by atoms with Gasteiger partial charge >= 0.3 is 5.97 Å². The number of aromatic nitrogens is 1. The van der Waals surface area contributed by atoms with Gasteiger partial charge in [-0.1, -0.05) is 0 Å². The molecule has 0 spiro atoms. The van der Waals surface area contributed by atoms with E-state index in [1.807, 2.05) is 20.8 Å². The first-order valence-electron chi connectivity index (χ1n) is 7.87. The maximum absolute atomic E-state index is 12.4. The SMILES string of the molecule is Cc1nc(C(C)NC(=O)c2ccc(OC(C)(C)C)cc2)sc1C(=O)O. The number of nitrogens with zero attached hydrogens (tertiary/aromatic N) is 1. The minimum absolute atomic E-state index is 0.194. The summed E-state index contributed by atoms with van der Waals surface area (Å²) in [6.07, 6.45) is 0. The number of hydrogen-bond acceptors (Lipinski definition) is 5. The molecule has 1 unspecified atom stereocenters. The van der Waals surface area contributed by atoms with Gasteiger partial charge in [-0.05, 0) is 58.9 Å². The normalized spacial score (nSPS) is 12.5. The highest BCUT2D eigenvalue weighted by Crippen LogP contribution is 2.24. The molecule has 1 aromatic carbocycles. The number of hydrogen-bond donors (Lipinski definition) is 2. The van der Waals surface area contributed by atoms with Crippen molar-refractivity contribution in [3.63, 3.8) is 0 Å². The molecule has 134 valence electrons. The third-order valence-corrected chi connectivity index (χ3v) is 4.59. The van der Waals surface area contributed by atoms with E-state index < -0.39 is 5.97 Å². The van der Waals surface area contributed by atoms with Crippen molar-refractivity contribution < 1.29 is 19.4 Å². The lowest BCUT2D eigenvalue weighted by Gasteiger charge is -2.21. The average molecular weight is 362 g/mol. The topological polar surface area (TPSA) is 88.5 Å². The van der Waals surface area contributed by atoms with Crippen molar-refractivity contribution >= 4 is 23.2 Å². The fraction of sp³-hybridized carbons (Fsp3) is 0.389. The summed E-state index contributed by atoms with van der Waals surface area (Å²) in [5.74, 6) is -0.563. The molecule has 6 nitrogen and oxygen atoms in total. The summed E-state index contributed by atoms with van der Waals surface area (Å²) < 4.78 is 5.73. The number of carbonyl (C=O) groups is 2. The van der Waals surface area contributed by atoms with E-state index in [1.54, 1.807) is 38.1 Å². The highest BCUT2D eigenvalue weighted by Gasteiger charge is 2.20. The summed E-state index contributed by atoms with van der Waals surface area (Å²) in [5, 5.41) is 12.5. The molecule has 0 radical (unpaired) electrons. The quantitative estimate of drug-likeness (QED) is 0.844. The summed E-state index contributed by atoms with van der Waals surface area (Å²) >= 11 is 1.08. The zero-order chi connectivity index (χ0) is 18.8. The number of aromatic carboxylic acids is 1. The summed E-state index contributed by atoms with van der Waals surface area (Å²) in [5.41, 5.74) is 0.653. The van der Waals surface area contributed by atoms with E-state index in [0.717, 1.165) is 11.3 Å². The third-order valence-electron chi connectivity index (χ3n) is 3.27. The van der Waals surface area contributed by atoms with Crippen LogP contribution in [0.1, 0.15) is 64.5 Å². The van der Waals surface area contributed by atoms with Crippen LogP contribution in [0.4, 0.5) is 0 Å². The maximum Gasteiger partial charge on any atom is 0.347 e. The molecular weight excluding hydrogens is 340 g/mol. The molecule has 0 saturated carbocycles. The molecule has 2 aromatic rings. The predicted molar refractivity (Wildman–Crippen MR) is 96.5 cm³/mol. The van der Waals surface area contributed by atoms with Gasteiger partial charge in [-0.15, -0.1) is 11.3 Å². The fourth-order valence-corrected chi connectivity index (χ4v) is 3.08.